The highest BCUT2D eigenvalue weighted by atomic mass is 19.1. The molecule has 0 spiro atoms. The van der Waals surface area contributed by atoms with Crippen LogP contribution in [0.3, 0.4) is 0 Å². The van der Waals surface area contributed by atoms with Crippen LogP contribution in [0.15, 0.2) is 67.1 Å². The van der Waals surface area contributed by atoms with Crippen LogP contribution < -0.4 is 10.1 Å². The zero-order chi connectivity index (χ0) is 19.9. The number of nitrogens with zero attached hydrogens (tertiary/aromatic N) is 2. The van der Waals surface area contributed by atoms with Crippen molar-refractivity contribution >= 4 is 12.0 Å². The van der Waals surface area contributed by atoms with Gasteiger partial charge in [0.2, 0.25) is 5.91 Å². The van der Waals surface area contributed by atoms with E-state index in [4.69, 9.17) is 4.74 Å². The van der Waals surface area contributed by atoms with E-state index in [1.807, 2.05) is 42.0 Å². The highest BCUT2D eigenvalue weighted by molar-refractivity contribution is 5.91. The molecule has 1 aromatic heterocycles. The average molecular weight is 379 g/mol. The summed E-state index contributed by atoms with van der Waals surface area (Å²) in [6.45, 7) is 1.84. The number of aromatic nitrogens is 2. The number of hydrogen-bond donors (Lipinski definition) is 1. The topological polar surface area (TPSA) is 56.1 Å². The van der Waals surface area contributed by atoms with E-state index in [0.717, 1.165) is 16.9 Å². The van der Waals surface area contributed by atoms with E-state index in [9.17, 15) is 9.18 Å². The number of ether oxygens (including phenoxy) is 1. The first-order chi connectivity index (χ1) is 13.6. The lowest BCUT2D eigenvalue weighted by atomic mass is 10.1. The van der Waals surface area contributed by atoms with Gasteiger partial charge in [0.15, 0.2) is 0 Å². The summed E-state index contributed by atoms with van der Waals surface area (Å²) in [6.07, 6.45) is 5.43. The SMILES string of the molecule is COc1cc(C=CC(=O)NCC(F)c2ccccc2)ccc1-n1cnc(C)c1. The molecule has 144 valence electrons. The van der Waals surface area contributed by atoms with Gasteiger partial charge in [-0.05, 0) is 36.3 Å². The fourth-order valence-electron chi connectivity index (χ4n) is 2.76. The van der Waals surface area contributed by atoms with Gasteiger partial charge in [0.1, 0.15) is 11.9 Å². The average Bonchev–Trinajstić information content (AvgIpc) is 3.16. The lowest BCUT2D eigenvalue weighted by Gasteiger charge is -2.10. The Bertz CT molecular complexity index is 967. The highest BCUT2D eigenvalue weighted by Gasteiger charge is 2.10. The Morgan fingerprint density at radius 3 is 2.75 bits per heavy atom. The molecule has 1 amide bonds. The molecule has 0 aliphatic carbocycles. The van der Waals surface area contributed by atoms with Gasteiger partial charge in [-0.3, -0.25) is 4.79 Å². The minimum absolute atomic E-state index is 0.0740. The molecule has 0 aliphatic heterocycles. The molecule has 6 heteroatoms. The van der Waals surface area contributed by atoms with E-state index >= 15 is 0 Å². The number of rotatable bonds is 7. The molecular weight excluding hydrogens is 357 g/mol. The van der Waals surface area contributed by atoms with E-state index in [0.29, 0.717) is 11.3 Å². The van der Waals surface area contributed by atoms with E-state index < -0.39 is 6.17 Å². The third kappa shape index (κ3) is 4.85. The summed E-state index contributed by atoms with van der Waals surface area (Å²) in [5.74, 6) is 0.305. The molecule has 5 nitrogen and oxygen atoms in total. The third-order valence-corrected chi connectivity index (χ3v) is 4.24. The first kappa shape index (κ1) is 19.4. The van der Waals surface area contributed by atoms with Crippen LogP contribution in [0.1, 0.15) is 23.0 Å². The van der Waals surface area contributed by atoms with Crippen LogP contribution in [0, 0.1) is 6.92 Å². The van der Waals surface area contributed by atoms with Gasteiger partial charge in [-0.2, -0.15) is 0 Å². The summed E-state index contributed by atoms with van der Waals surface area (Å²) in [7, 11) is 1.59. The molecule has 1 atom stereocenters. The number of halogens is 1. The van der Waals surface area contributed by atoms with Crippen molar-refractivity contribution in [1.29, 1.82) is 0 Å². The number of amides is 1. The Labute approximate surface area is 163 Å². The zero-order valence-corrected chi connectivity index (χ0v) is 15.8. The Morgan fingerprint density at radius 2 is 2.07 bits per heavy atom. The molecule has 1 N–H and O–H groups in total. The lowest BCUT2D eigenvalue weighted by Crippen LogP contribution is -2.25. The largest absolute Gasteiger partial charge is 0.495 e. The van der Waals surface area contributed by atoms with Crippen molar-refractivity contribution in [3.63, 3.8) is 0 Å². The first-order valence-corrected chi connectivity index (χ1v) is 8.91. The summed E-state index contributed by atoms with van der Waals surface area (Å²) in [4.78, 5) is 16.2. The van der Waals surface area contributed by atoms with Crippen LogP contribution in [0.5, 0.6) is 5.75 Å². The summed E-state index contributed by atoms with van der Waals surface area (Å²) in [6, 6.07) is 14.4. The van der Waals surface area contributed by atoms with Crippen molar-refractivity contribution in [3.05, 3.63) is 84.0 Å². The van der Waals surface area contributed by atoms with E-state index in [1.54, 1.807) is 43.8 Å². The van der Waals surface area contributed by atoms with Crippen LogP contribution in [0.4, 0.5) is 4.39 Å². The number of aryl methyl sites for hydroxylation is 1. The van der Waals surface area contributed by atoms with Gasteiger partial charge < -0.3 is 14.6 Å². The van der Waals surface area contributed by atoms with Crippen molar-refractivity contribution in [2.45, 2.75) is 13.1 Å². The van der Waals surface area contributed by atoms with E-state index in [1.165, 1.54) is 6.08 Å². The molecule has 0 aliphatic rings. The molecule has 28 heavy (non-hydrogen) atoms. The van der Waals surface area contributed by atoms with Crippen molar-refractivity contribution in [3.8, 4) is 11.4 Å². The number of methoxy groups -OCH3 is 1. The minimum atomic E-state index is -1.24. The van der Waals surface area contributed by atoms with Gasteiger partial charge >= 0.3 is 0 Å². The maximum Gasteiger partial charge on any atom is 0.244 e. The summed E-state index contributed by atoms with van der Waals surface area (Å²) in [5, 5.41) is 2.58. The molecule has 0 saturated heterocycles. The molecule has 3 rings (SSSR count). The molecule has 0 saturated carbocycles. The molecule has 1 unspecified atom stereocenters. The number of carbonyl (C=O) groups excluding carboxylic acids is 1. The number of carbonyl (C=O) groups is 1. The fraction of sp³-hybridized carbons (Fsp3) is 0.182. The van der Waals surface area contributed by atoms with Crippen LogP contribution in [0.25, 0.3) is 11.8 Å². The molecule has 0 bridgehead atoms. The van der Waals surface area contributed by atoms with Gasteiger partial charge in [-0.1, -0.05) is 36.4 Å². The third-order valence-electron chi connectivity index (χ3n) is 4.24. The number of benzene rings is 2. The van der Waals surface area contributed by atoms with Crippen LogP contribution in [-0.2, 0) is 4.79 Å². The number of nitrogens with one attached hydrogen (secondary N) is 1. The second kappa shape index (κ2) is 8.99. The minimum Gasteiger partial charge on any atom is -0.495 e. The predicted molar refractivity (Wildman–Crippen MR) is 107 cm³/mol. The van der Waals surface area contributed by atoms with Crippen LogP contribution >= 0.6 is 0 Å². The van der Waals surface area contributed by atoms with E-state index in [2.05, 4.69) is 10.3 Å². The number of imidazole rings is 1. The zero-order valence-electron chi connectivity index (χ0n) is 15.8. The van der Waals surface area contributed by atoms with Crippen LogP contribution in [0.2, 0.25) is 0 Å². The second-order valence-electron chi connectivity index (χ2n) is 6.31. The van der Waals surface area contributed by atoms with Crippen molar-refractivity contribution in [2.24, 2.45) is 0 Å². The Hall–Kier alpha value is -3.41. The molecule has 0 fully saturated rings. The van der Waals surface area contributed by atoms with Crippen molar-refractivity contribution in [1.82, 2.24) is 14.9 Å². The molecule has 2 aromatic carbocycles. The Morgan fingerprint density at radius 1 is 1.29 bits per heavy atom. The van der Waals surface area contributed by atoms with Gasteiger partial charge in [-0.25, -0.2) is 9.37 Å². The normalized spacial score (nSPS) is 12.1. The highest BCUT2D eigenvalue weighted by Crippen LogP contribution is 2.25. The smallest absolute Gasteiger partial charge is 0.244 e. The van der Waals surface area contributed by atoms with Crippen molar-refractivity contribution in [2.75, 3.05) is 13.7 Å². The first-order valence-electron chi connectivity index (χ1n) is 8.91. The van der Waals surface area contributed by atoms with Gasteiger partial charge in [-0.15, -0.1) is 0 Å². The molecule has 3 aromatic rings. The molecular formula is C22H22FN3O2. The Kier molecular flexibility index (Phi) is 6.22. The molecule has 1 heterocycles. The maximum absolute atomic E-state index is 14.1. The monoisotopic (exact) mass is 379 g/mol. The fourth-order valence-corrected chi connectivity index (χ4v) is 2.76. The second-order valence-corrected chi connectivity index (χ2v) is 6.31. The van der Waals surface area contributed by atoms with Crippen LogP contribution in [-0.4, -0.2) is 29.1 Å². The molecule has 0 radical (unpaired) electrons. The van der Waals surface area contributed by atoms with Crippen molar-refractivity contribution < 1.29 is 13.9 Å². The summed E-state index contributed by atoms with van der Waals surface area (Å²) >= 11 is 0. The number of hydrogen-bond acceptors (Lipinski definition) is 3. The number of alkyl halides is 1. The standard InChI is InChI=1S/C22H22FN3O2/c1-16-14-26(15-25-16)20-10-8-17(12-21(20)28-2)9-11-22(27)24-13-19(23)18-6-4-3-5-7-18/h3-12,14-15,19H,13H2,1-2H3,(H,24,27). The van der Waals surface area contributed by atoms with Gasteiger partial charge in [0.05, 0.1) is 31.4 Å². The quantitative estimate of drug-likeness (QED) is 0.631. The van der Waals surface area contributed by atoms with Gasteiger partial charge in [0, 0.05) is 12.3 Å². The predicted octanol–water partition coefficient (Wildman–Crippen LogP) is 4.03. The van der Waals surface area contributed by atoms with E-state index in [-0.39, 0.29) is 12.5 Å². The lowest BCUT2D eigenvalue weighted by molar-refractivity contribution is -0.116. The Balaban J connectivity index is 1.62. The summed E-state index contributed by atoms with van der Waals surface area (Å²) < 4.78 is 21.4. The summed E-state index contributed by atoms with van der Waals surface area (Å²) in [5.41, 5.74) is 3.10. The van der Waals surface area contributed by atoms with Gasteiger partial charge in [0.25, 0.3) is 0 Å². The maximum atomic E-state index is 14.1.